The van der Waals surface area contributed by atoms with Gasteiger partial charge in [0.25, 0.3) is 5.91 Å². The first kappa shape index (κ1) is 15.2. The van der Waals surface area contributed by atoms with Gasteiger partial charge >= 0.3 is 5.97 Å². The van der Waals surface area contributed by atoms with Crippen molar-refractivity contribution in [2.75, 3.05) is 5.32 Å². The van der Waals surface area contributed by atoms with E-state index in [1.54, 1.807) is 0 Å². The third kappa shape index (κ3) is 3.26. The number of halogens is 2. The van der Waals surface area contributed by atoms with Gasteiger partial charge in [0.1, 0.15) is 11.3 Å². The van der Waals surface area contributed by atoms with Crippen LogP contribution in [0.5, 0.6) is 5.75 Å². The summed E-state index contributed by atoms with van der Waals surface area (Å²) in [5.74, 6) is -2.05. The van der Waals surface area contributed by atoms with E-state index < -0.39 is 11.9 Å². The van der Waals surface area contributed by atoms with Gasteiger partial charge in [0.05, 0.1) is 21.3 Å². The Morgan fingerprint density at radius 2 is 1.76 bits per heavy atom. The maximum absolute atomic E-state index is 12.1. The first-order chi connectivity index (χ1) is 9.90. The number of carboxylic acid groups (broad SMARTS) is 1. The smallest absolute Gasteiger partial charge is 0.339 e. The molecule has 0 radical (unpaired) electrons. The van der Waals surface area contributed by atoms with E-state index in [9.17, 15) is 14.7 Å². The lowest BCUT2D eigenvalue weighted by molar-refractivity contribution is 0.0698. The maximum Gasteiger partial charge on any atom is 0.339 e. The van der Waals surface area contributed by atoms with Crippen LogP contribution in [0.15, 0.2) is 36.4 Å². The lowest BCUT2D eigenvalue weighted by atomic mass is 10.1. The molecule has 21 heavy (non-hydrogen) atoms. The molecule has 5 nitrogen and oxygen atoms in total. The number of carbonyl (C=O) groups is 2. The van der Waals surface area contributed by atoms with E-state index in [1.165, 1.54) is 36.4 Å². The van der Waals surface area contributed by atoms with Crippen molar-refractivity contribution in [2.24, 2.45) is 0 Å². The topological polar surface area (TPSA) is 86.6 Å². The van der Waals surface area contributed by atoms with Gasteiger partial charge in [0.15, 0.2) is 0 Å². The molecule has 3 N–H and O–H groups in total. The van der Waals surface area contributed by atoms with Crippen LogP contribution >= 0.6 is 23.2 Å². The van der Waals surface area contributed by atoms with Crippen molar-refractivity contribution in [3.63, 3.8) is 0 Å². The van der Waals surface area contributed by atoms with E-state index in [0.29, 0.717) is 0 Å². The normalized spacial score (nSPS) is 10.2. The number of phenolic OH excluding ortho intramolecular Hbond substituents is 1. The van der Waals surface area contributed by atoms with Crippen LogP contribution in [0.1, 0.15) is 20.7 Å². The number of anilines is 1. The highest BCUT2D eigenvalue weighted by molar-refractivity contribution is 6.35. The molecule has 0 aromatic heterocycles. The van der Waals surface area contributed by atoms with Crippen molar-refractivity contribution in [2.45, 2.75) is 0 Å². The van der Waals surface area contributed by atoms with Gasteiger partial charge in [-0.3, -0.25) is 4.79 Å². The van der Waals surface area contributed by atoms with Crippen molar-refractivity contribution < 1.29 is 19.8 Å². The van der Waals surface area contributed by atoms with Gasteiger partial charge in [0.2, 0.25) is 0 Å². The van der Waals surface area contributed by atoms with Crippen molar-refractivity contribution in [1.82, 2.24) is 0 Å². The van der Waals surface area contributed by atoms with Gasteiger partial charge in [-0.1, -0.05) is 29.3 Å². The van der Waals surface area contributed by atoms with Gasteiger partial charge < -0.3 is 15.5 Å². The zero-order valence-corrected chi connectivity index (χ0v) is 11.9. The molecule has 0 spiro atoms. The molecular weight excluding hydrogens is 317 g/mol. The van der Waals surface area contributed by atoms with E-state index in [0.717, 1.165) is 0 Å². The summed E-state index contributed by atoms with van der Waals surface area (Å²) in [5.41, 5.74) is -0.156. The van der Waals surface area contributed by atoms with E-state index in [-0.39, 0.29) is 32.6 Å². The molecular formula is C14H9Cl2NO4. The molecule has 0 aliphatic carbocycles. The lowest BCUT2D eigenvalue weighted by Gasteiger charge is -2.10. The first-order valence-corrected chi connectivity index (χ1v) is 6.47. The minimum atomic E-state index is -1.27. The number of carboxylic acids is 1. The Labute approximate surface area is 129 Å². The van der Waals surface area contributed by atoms with Crippen molar-refractivity contribution in [3.8, 4) is 5.75 Å². The van der Waals surface area contributed by atoms with E-state index >= 15 is 0 Å². The lowest BCUT2D eigenvalue weighted by Crippen LogP contribution is -2.15. The Morgan fingerprint density at radius 3 is 2.43 bits per heavy atom. The molecule has 1 amide bonds. The number of benzene rings is 2. The van der Waals surface area contributed by atoms with Gasteiger partial charge in [0, 0.05) is 0 Å². The molecule has 2 rings (SSSR count). The van der Waals surface area contributed by atoms with Crippen LogP contribution in [-0.4, -0.2) is 22.1 Å². The van der Waals surface area contributed by atoms with Gasteiger partial charge in [-0.2, -0.15) is 0 Å². The molecule has 108 valence electrons. The highest BCUT2D eigenvalue weighted by Crippen LogP contribution is 2.26. The molecule has 0 heterocycles. The predicted octanol–water partition coefficient (Wildman–Crippen LogP) is 3.65. The van der Waals surface area contributed by atoms with Crippen molar-refractivity contribution >= 4 is 40.8 Å². The van der Waals surface area contributed by atoms with Gasteiger partial charge in [-0.15, -0.1) is 0 Å². The Morgan fingerprint density at radius 1 is 1.05 bits per heavy atom. The fourth-order valence-corrected chi connectivity index (χ4v) is 2.18. The second kappa shape index (κ2) is 6.03. The van der Waals surface area contributed by atoms with Crippen LogP contribution in [0.25, 0.3) is 0 Å². The van der Waals surface area contributed by atoms with Crippen molar-refractivity contribution in [3.05, 3.63) is 57.6 Å². The molecule has 2 aromatic rings. The SMILES string of the molecule is O=C(Nc1cccc(Cl)c1C(=O)O)c1cc(O)ccc1Cl. The highest BCUT2D eigenvalue weighted by atomic mass is 35.5. The number of aromatic carboxylic acids is 1. The summed E-state index contributed by atoms with van der Waals surface area (Å²) >= 11 is 11.7. The van der Waals surface area contributed by atoms with E-state index in [1.807, 2.05) is 0 Å². The molecule has 0 unspecified atom stereocenters. The minimum absolute atomic E-state index is 0.00214. The summed E-state index contributed by atoms with van der Waals surface area (Å²) in [7, 11) is 0. The molecule has 0 aliphatic rings. The predicted molar refractivity (Wildman–Crippen MR) is 79.5 cm³/mol. The fourth-order valence-electron chi connectivity index (χ4n) is 1.72. The zero-order valence-electron chi connectivity index (χ0n) is 10.4. The third-order valence-corrected chi connectivity index (χ3v) is 3.31. The Bertz CT molecular complexity index is 731. The summed E-state index contributed by atoms with van der Waals surface area (Å²) in [6.45, 7) is 0. The minimum Gasteiger partial charge on any atom is -0.508 e. The van der Waals surface area contributed by atoms with E-state index in [2.05, 4.69) is 5.32 Å². The molecule has 7 heteroatoms. The summed E-state index contributed by atoms with van der Waals surface area (Å²) < 4.78 is 0. The van der Waals surface area contributed by atoms with Crippen LogP contribution in [0, 0.1) is 0 Å². The van der Waals surface area contributed by atoms with Crippen LogP contribution in [0.3, 0.4) is 0 Å². The molecule has 0 aliphatic heterocycles. The summed E-state index contributed by atoms with van der Waals surface area (Å²) in [6, 6.07) is 8.20. The highest BCUT2D eigenvalue weighted by Gasteiger charge is 2.18. The standard InChI is InChI=1S/C14H9Cl2NO4/c15-9-5-4-7(18)6-8(9)13(19)17-11-3-1-2-10(16)12(11)14(20)21/h1-6,18H,(H,17,19)(H,20,21). The van der Waals surface area contributed by atoms with Crippen LogP contribution in [-0.2, 0) is 0 Å². The number of aromatic hydroxyl groups is 1. The third-order valence-electron chi connectivity index (χ3n) is 2.67. The number of hydrogen-bond acceptors (Lipinski definition) is 3. The van der Waals surface area contributed by atoms with Crippen LogP contribution < -0.4 is 5.32 Å². The number of rotatable bonds is 3. The molecule has 0 saturated heterocycles. The Kier molecular flexibility index (Phi) is 4.35. The number of hydrogen-bond donors (Lipinski definition) is 3. The van der Waals surface area contributed by atoms with Crippen LogP contribution in [0.4, 0.5) is 5.69 Å². The summed E-state index contributed by atoms with van der Waals surface area (Å²) in [5, 5.41) is 21.1. The molecule has 2 aromatic carbocycles. The molecule has 0 saturated carbocycles. The van der Waals surface area contributed by atoms with E-state index in [4.69, 9.17) is 28.3 Å². The Balaban J connectivity index is 2.39. The van der Waals surface area contributed by atoms with Crippen molar-refractivity contribution in [1.29, 1.82) is 0 Å². The summed E-state index contributed by atoms with van der Waals surface area (Å²) in [6.07, 6.45) is 0. The second-order valence-corrected chi connectivity index (χ2v) is 4.90. The average Bonchev–Trinajstić information content (AvgIpc) is 2.41. The molecule has 0 atom stereocenters. The number of carbonyl (C=O) groups excluding carboxylic acids is 1. The fraction of sp³-hybridized carbons (Fsp3) is 0. The van der Waals surface area contributed by atoms with Crippen LogP contribution in [0.2, 0.25) is 10.0 Å². The quantitative estimate of drug-likeness (QED) is 0.803. The largest absolute Gasteiger partial charge is 0.508 e. The second-order valence-electron chi connectivity index (χ2n) is 4.09. The number of amides is 1. The summed E-state index contributed by atoms with van der Waals surface area (Å²) in [4.78, 5) is 23.3. The molecule has 0 fully saturated rings. The zero-order chi connectivity index (χ0) is 15.6. The van der Waals surface area contributed by atoms with Gasteiger partial charge in [-0.25, -0.2) is 4.79 Å². The number of nitrogens with one attached hydrogen (secondary N) is 1. The molecule has 0 bridgehead atoms. The maximum atomic E-state index is 12.1. The van der Waals surface area contributed by atoms with Gasteiger partial charge in [-0.05, 0) is 30.3 Å². The first-order valence-electron chi connectivity index (χ1n) is 5.72. The average molecular weight is 326 g/mol. The number of phenols is 1. The Hall–Kier alpha value is -2.24. The monoisotopic (exact) mass is 325 g/mol.